The van der Waals surface area contributed by atoms with Gasteiger partial charge in [-0.25, -0.2) is 4.68 Å². The molecule has 8 heteroatoms. The summed E-state index contributed by atoms with van der Waals surface area (Å²) in [7, 11) is 0. The van der Waals surface area contributed by atoms with Crippen molar-refractivity contribution in [1.29, 1.82) is 5.26 Å². The molecular formula is C28H25Cl2N5O. The van der Waals surface area contributed by atoms with Gasteiger partial charge < -0.3 is 10.6 Å². The van der Waals surface area contributed by atoms with E-state index in [-0.39, 0.29) is 17.0 Å². The Hall–Kier alpha value is -3.63. The molecule has 0 unspecified atom stereocenters. The summed E-state index contributed by atoms with van der Waals surface area (Å²) in [5, 5.41) is 22.6. The van der Waals surface area contributed by atoms with Crippen molar-refractivity contribution in [2.45, 2.75) is 19.9 Å². The Bertz CT molecular complexity index is 1390. The zero-order chi connectivity index (χ0) is 25.5. The van der Waals surface area contributed by atoms with Gasteiger partial charge in [0.25, 0.3) is 0 Å². The van der Waals surface area contributed by atoms with Gasteiger partial charge in [0.05, 0.1) is 5.69 Å². The number of halogens is 2. The van der Waals surface area contributed by atoms with Crippen molar-refractivity contribution < 1.29 is 4.79 Å². The fourth-order valence-electron chi connectivity index (χ4n) is 3.76. The van der Waals surface area contributed by atoms with Crippen LogP contribution in [0.4, 0.5) is 5.82 Å². The lowest BCUT2D eigenvalue weighted by atomic mass is 10.0. The van der Waals surface area contributed by atoms with Crippen LogP contribution >= 0.6 is 23.2 Å². The number of ketones is 1. The van der Waals surface area contributed by atoms with Crippen LogP contribution in [-0.4, -0.2) is 28.7 Å². The van der Waals surface area contributed by atoms with Crippen LogP contribution in [0.25, 0.3) is 5.69 Å². The van der Waals surface area contributed by atoms with E-state index in [2.05, 4.69) is 21.8 Å². The highest BCUT2D eigenvalue weighted by Crippen LogP contribution is 2.26. The highest BCUT2D eigenvalue weighted by atomic mass is 35.5. The van der Waals surface area contributed by atoms with Gasteiger partial charge >= 0.3 is 0 Å². The van der Waals surface area contributed by atoms with Crippen molar-refractivity contribution in [3.05, 3.63) is 111 Å². The van der Waals surface area contributed by atoms with Gasteiger partial charge in [-0.3, -0.25) is 4.79 Å². The van der Waals surface area contributed by atoms with Crippen LogP contribution in [0.5, 0.6) is 0 Å². The van der Waals surface area contributed by atoms with Crippen molar-refractivity contribution in [3.63, 3.8) is 0 Å². The quantitative estimate of drug-likeness (QED) is 0.194. The van der Waals surface area contributed by atoms with Crippen molar-refractivity contribution in [2.75, 3.05) is 18.4 Å². The van der Waals surface area contributed by atoms with Crippen LogP contribution in [0.15, 0.2) is 72.8 Å². The number of carbonyl (C=O) groups excluding carboxylic acids is 1. The third-order valence-electron chi connectivity index (χ3n) is 5.64. The summed E-state index contributed by atoms with van der Waals surface area (Å²) in [6, 6.07) is 24.2. The molecule has 0 aliphatic heterocycles. The molecule has 0 saturated carbocycles. The van der Waals surface area contributed by atoms with Crippen molar-refractivity contribution in [1.82, 2.24) is 15.1 Å². The molecule has 1 aromatic heterocycles. The second-order valence-electron chi connectivity index (χ2n) is 8.35. The Balaban J connectivity index is 1.52. The molecule has 4 aromatic rings. The second-order valence-corrected chi connectivity index (χ2v) is 9.23. The maximum Gasteiger partial charge on any atom is 0.214 e. The standard InChI is InChI=1S/C28H25Cl2N5O/c1-19-6-8-21(9-7-19)27(36)26-25(17-31)28(35(34-26)24-12-10-22(29)11-13-24)33-15-3-14-32-18-20-4-2-5-23(30)16-20/h2,4-13,16,32-33H,3,14-15,18H2,1H3. The monoisotopic (exact) mass is 517 g/mol. The minimum Gasteiger partial charge on any atom is -0.369 e. The number of nitriles is 1. The number of aryl methyl sites for hydroxylation is 1. The number of hydrogen-bond donors (Lipinski definition) is 2. The largest absolute Gasteiger partial charge is 0.369 e. The van der Waals surface area contributed by atoms with E-state index in [4.69, 9.17) is 23.2 Å². The van der Waals surface area contributed by atoms with Crippen LogP contribution in [0.3, 0.4) is 0 Å². The molecule has 4 rings (SSSR count). The average molecular weight is 518 g/mol. The molecule has 2 N–H and O–H groups in total. The summed E-state index contributed by atoms with van der Waals surface area (Å²) in [6.07, 6.45) is 0.790. The average Bonchev–Trinajstić information content (AvgIpc) is 3.25. The molecule has 0 spiro atoms. The summed E-state index contributed by atoms with van der Waals surface area (Å²) < 4.78 is 1.59. The number of benzene rings is 3. The number of anilines is 1. The molecule has 3 aromatic carbocycles. The first-order valence-corrected chi connectivity index (χ1v) is 12.3. The molecule has 1 heterocycles. The normalized spacial score (nSPS) is 10.7. The van der Waals surface area contributed by atoms with Crippen LogP contribution < -0.4 is 10.6 Å². The lowest BCUT2D eigenvalue weighted by Gasteiger charge is -2.11. The lowest BCUT2D eigenvalue weighted by Crippen LogP contribution is -2.18. The molecule has 0 radical (unpaired) electrons. The van der Waals surface area contributed by atoms with Crippen LogP contribution in [0.2, 0.25) is 10.0 Å². The van der Waals surface area contributed by atoms with Crippen LogP contribution in [0.1, 0.15) is 39.2 Å². The summed E-state index contributed by atoms with van der Waals surface area (Å²) in [5.74, 6) is 0.177. The maximum atomic E-state index is 13.3. The van der Waals surface area contributed by atoms with E-state index in [9.17, 15) is 10.1 Å². The Morgan fingerprint density at radius 2 is 1.75 bits per heavy atom. The number of nitrogens with one attached hydrogen (secondary N) is 2. The van der Waals surface area contributed by atoms with E-state index in [1.54, 1.807) is 41.1 Å². The zero-order valence-electron chi connectivity index (χ0n) is 19.8. The summed E-state index contributed by atoms with van der Waals surface area (Å²) in [4.78, 5) is 13.3. The third-order valence-corrected chi connectivity index (χ3v) is 6.13. The van der Waals surface area contributed by atoms with Gasteiger partial charge in [-0.05, 0) is 61.9 Å². The van der Waals surface area contributed by atoms with E-state index >= 15 is 0 Å². The summed E-state index contributed by atoms with van der Waals surface area (Å²) in [5.41, 5.74) is 3.66. The Kier molecular flexibility index (Phi) is 8.40. The first-order valence-electron chi connectivity index (χ1n) is 11.6. The Morgan fingerprint density at radius 3 is 2.44 bits per heavy atom. The SMILES string of the molecule is Cc1ccc(C(=O)c2nn(-c3ccc(Cl)cc3)c(NCCCNCc3cccc(Cl)c3)c2C#N)cc1. The molecule has 0 saturated heterocycles. The highest BCUT2D eigenvalue weighted by molar-refractivity contribution is 6.30. The molecule has 0 aliphatic rings. The molecule has 0 fully saturated rings. The van der Waals surface area contributed by atoms with Gasteiger partial charge in [0.15, 0.2) is 5.69 Å². The van der Waals surface area contributed by atoms with E-state index in [1.807, 2.05) is 43.3 Å². The minimum absolute atomic E-state index is 0.109. The molecule has 182 valence electrons. The van der Waals surface area contributed by atoms with Gasteiger partial charge in [0.1, 0.15) is 17.5 Å². The lowest BCUT2D eigenvalue weighted by molar-refractivity contribution is 0.103. The smallest absolute Gasteiger partial charge is 0.214 e. The number of aromatic nitrogens is 2. The van der Waals surface area contributed by atoms with E-state index in [0.717, 1.165) is 24.1 Å². The molecular weight excluding hydrogens is 493 g/mol. The molecule has 0 bridgehead atoms. The third kappa shape index (κ3) is 6.13. The van der Waals surface area contributed by atoms with Crippen LogP contribution in [0, 0.1) is 18.3 Å². The number of carbonyl (C=O) groups is 1. The van der Waals surface area contributed by atoms with Crippen LogP contribution in [-0.2, 0) is 6.54 Å². The maximum absolute atomic E-state index is 13.3. The number of rotatable bonds is 10. The van der Waals surface area contributed by atoms with Gasteiger partial charge in [0, 0.05) is 28.7 Å². The highest BCUT2D eigenvalue weighted by Gasteiger charge is 2.25. The molecule has 0 aliphatic carbocycles. The van der Waals surface area contributed by atoms with E-state index < -0.39 is 0 Å². The fourth-order valence-corrected chi connectivity index (χ4v) is 4.10. The van der Waals surface area contributed by atoms with E-state index in [1.165, 1.54) is 0 Å². The van der Waals surface area contributed by atoms with Gasteiger partial charge in [-0.2, -0.15) is 10.4 Å². The summed E-state index contributed by atoms with van der Waals surface area (Å²) in [6.45, 7) is 4.00. The van der Waals surface area contributed by atoms with Crippen molar-refractivity contribution in [3.8, 4) is 11.8 Å². The molecule has 0 amide bonds. The van der Waals surface area contributed by atoms with Gasteiger partial charge in [0.2, 0.25) is 5.78 Å². The first kappa shape index (κ1) is 25.5. The molecule has 36 heavy (non-hydrogen) atoms. The number of hydrogen-bond acceptors (Lipinski definition) is 5. The number of nitrogens with zero attached hydrogens (tertiary/aromatic N) is 3. The predicted molar refractivity (Wildman–Crippen MR) is 144 cm³/mol. The van der Waals surface area contributed by atoms with Crippen molar-refractivity contribution >= 4 is 34.8 Å². The Morgan fingerprint density at radius 1 is 1.00 bits per heavy atom. The van der Waals surface area contributed by atoms with Crippen molar-refractivity contribution in [2.24, 2.45) is 0 Å². The molecule has 6 nitrogen and oxygen atoms in total. The predicted octanol–water partition coefficient (Wildman–Crippen LogP) is 6.18. The topological polar surface area (TPSA) is 82.7 Å². The van der Waals surface area contributed by atoms with Gasteiger partial charge in [-0.15, -0.1) is 0 Å². The fraction of sp³-hybridized carbons (Fsp3) is 0.179. The molecule has 0 atom stereocenters. The summed E-state index contributed by atoms with van der Waals surface area (Å²) >= 11 is 12.1. The van der Waals surface area contributed by atoms with Gasteiger partial charge in [-0.1, -0.05) is 65.2 Å². The van der Waals surface area contributed by atoms with E-state index in [0.29, 0.717) is 40.2 Å². The zero-order valence-corrected chi connectivity index (χ0v) is 21.3. The second kappa shape index (κ2) is 11.9. The Labute approximate surface area is 220 Å². The first-order chi connectivity index (χ1) is 17.5. The minimum atomic E-state index is -0.300.